The van der Waals surface area contributed by atoms with Crippen molar-refractivity contribution < 1.29 is 0 Å². The zero-order chi connectivity index (χ0) is 58.7. The van der Waals surface area contributed by atoms with Gasteiger partial charge in [0.25, 0.3) is 0 Å². The molecule has 2 atom stereocenters. The van der Waals surface area contributed by atoms with Gasteiger partial charge in [0.15, 0.2) is 0 Å². The van der Waals surface area contributed by atoms with Crippen LogP contribution in [-0.2, 0) is 11.8 Å². The lowest BCUT2D eigenvalue weighted by Gasteiger charge is -2.34. The topological polar surface area (TPSA) is 8.17 Å². The van der Waals surface area contributed by atoms with Crippen LogP contribution in [0.15, 0.2) is 304 Å². The number of unbranched alkanes of at least 4 members (excludes halogenated alkanes) is 1. The summed E-state index contributed by atoms with van der Waals surface area (Å²) in [6, 6.07) is 108. The molecule has 12 aromatic carbocycles. The predicted molar refractivity (Wildman–Crippen MR) is 372 cm³/mol. The minimum Gasteiger partial charge on any atom is -0.310 e. The quantitative estimate of drug-likeness (QED) is 0.0733. The van der Waals surface area contributed by atoms with Crippen LogP contribution in [0.25, 0.3) is 95.3 Å². The first-order valence-corrected chi connectivity index (χ1v) is 31.0. The Balaban J connectivity index is 0.799. The van der Waals surface area contributed by atoms with Gasteiger partial charge in [-0.15, -0.1) is 0 Å². The molecule has 2 nitrogen and oxygen atoms in total. The Hall–Kier alpha value is -10.3. The molecule has 1 aromatic heterocycles. The van der Waals surface area contributed by atoms with E-state index in [1.807, 2.05) is 12.2 Å². The Labute approximate surface area is 513 Å². The first-order valence-electron chi connectivity index (χ1n) is 31.0. The van der Waals surface area contributed by atoms with Crippen molar-refractivity contribution in [2.75, 3.05) is 4.90 Å². The average molecular weight is 1120 g/mol. The molecule has 1 heterocycles. The summed E-state index contributed by atoms with van der Waals surface area (Å²) in [4.78, 5) is 2.46. The molecule has 420 valence electrons. The monoisotopic (exact) mass is 1120 g/mol. The normalized spacial score (nSPS) is 13.7. The number of rotatable bonds is 19. The standard InChI is InChI=1S/C85H70N2/c1-4-60-29-31-63(32-30-60)56-62(6-3)20-18-19-55-85(72-23-12-8-13-24-72)81-28-17-16-27-77(81)78-52-51-76(59-82(78)85)86(74-47-41-66(42-48-74)64-21-10-7-11-22-64)75-49-43-67(44-50-75)65-37-39-69(40-38-65)71-46-54-84-80(58-71)79-57-70(68-35-33-61(5-2)34-36-68)45-53-83(79)87(84)73-25-14-9-15-26-73/h4-5,7-17,21-54,57-59,62H,1-2,6,18-20,55-56H2,3H3. The van der Waals surface area contributed by atoms with E-state index in [1.165, 1.54) is 125 Å². The van der Waals surface area contributed by atoms with Gasteiger partial charge in [0, 0.05) is 38.9 Å². The Morgan fingerprint density at radius 1 is 0.402 bits per heavy atom. The minimum atomic E-state index is -0.320. The molecule has 0 saturated heterocycles. The van der Waals surface area contributed by atoms with Crippen LogP contribution in [0.2, 0.25) is 0 Å². The van der Waals surface area contributed by atoms with E-state index >= 15 is 0 Å². The molecule has 1 aliphatic rings. The summed E-state index contributed by atoms with van der Waals surface area (Å²) in [6.45, 7) is 10.3. The van der Waals surface area contributed by atoms with Crippen LogP contribution in [0.5, 0.6) is 0 Å². The van der Waals surface area contributed by atoms with E-state index in [0.29, 0.717) is 5.92 Å². The van der Waals surface area contributed by atoms with E-state index in [9.17, 15) is 0 Å². The van der Waals surface area contributed by atoms with Gasteiger partial charge < -0.3 is 9.47 Å². The molecule has 14 rings (SSSR count). The number of nitrogens with zero attached hydrogens (tertiary/aromatic N) is 2. The van der Waals surface area contributed by atoms with Crippen LogP contribution in [0.3, 0.4) is 0 Å². The molecule has 2 heteroatoms. The zero-order valence-electron chi connectivity index (χ0n) is 49.5. The van der Waals surface area contributed by atoms with Crippen molar-refractivity contribution >= 4 is 51.0 Å². The van der Waals surface area contributed by atoms with Gasteiger partial charge in [-0.1, -0.05) is 276 Å². The molecule has 0 N–H and O–H groups in total. The molecule has 0 saturated carbocycles. The third-order valence-corrected chi connectivity index (χ3v) is 18.6. The Bertz CT molecular complexity index is 4560. The smallest absolute Gasteiger partial charge is 0.0541 e. The Morgan fingerprint density at radius 2 is 0.851 bits per heavy atom. The highest BCUT2D eigenvalue weighted by atomic mass is 15.1. The summed E-state index contributed by atoms with van der Waals surface area (Å²) >= 11 is 0. The SMILES string of the molecule is C=Cc1ccc(CC(CC)CCCCC2(c3ccccc3)c3ccccc3-c3ccc(N(c4ccc(-c5ccccc5)cc4)c4ccc(-c5ccc(-c6ccc7c(c6)c6cc(-c8ccc(C=C)cc8)ccc6n7-c6ccccc6)cc5)cc4)cc32)cc1. The Kier molecular flexibility index (Phi) is 15.1. The van der Waals surface area contributed by atoms with Gasteiger partial charge in [-0.2, -0.15) is 0 Å². The van der Waals surface area contributed by atoms with Crippen molar-refractivity contribution in [2.24, 2.45) is 5.92 Å². The van der Waals surface area contributed by atoms with Crippen LogP contribution < -0.4 is 4.90 Å². The van der Waals surface area contributed by atoms with Gasteiger partial charge in [0.1, 0.15) is 0 Å². The highest BCUT2D eigenvalue weighted by Gasteiger charge is 2.44. The lowest BCUT2D eigenvalue weighted by molar-refractivity contribution is 0.423. The molecule has 1 aliphatic carbocycles. The molecule has 0 fully saturated rings. The number of para-hydroxylation sites is 1. The molecular formula is C85H70N2. The predicted octanol–water partition coefficient (Wildman–Crippen LogP) is 23.4. The fourth-order valence-electron chi connectivity index (χ4n) is 13.9. The maximum absolute atomic E-state index is 3.97. The summed E-state index contributed by atoms with van der Waals surface area (Å²) in [7, 11) is 0. The molecule has 2 unspecified atom stereocenters. The van der Waals surface area contributed by atoms with Gasteiger partial charge in [0.05, 0.1) is 11.0 Å². The summed E-state index contributed by atoms with van der Waals surface area (Å²) in [6.07, 6.45) is 10.6. The number of fused-ring (bicyclic) bond motifs is 6. The van der Waals surface area contributed by atoms with Crippen molar-refractivity contribution in [3.63, 3.8) is 0 Å². The molecular weight excluding hydrogens is 1050 g/mol. The van der Waals surface area contributed by atoms with Crippen molar-refractivity contribution in [3.8, 4) is 61.3 Å². The summed E-state index contributed by atoms with van der Waals surface area (Å²) in [5, 5.41) is 2.46. The summed E-state index contributed by atoms with van der Waals surface area (Å²) in [5.74, 6) is 0.638. The molecule has 13 aromatic rings. The number of aromatic nitrogens is 1. The van der Waals surface area contributed by atoms with Crippen molar-refractivity contribution in [2.45, 2.75) is 50.9 Å². The van der Waals surface area contributed by atoms with Gasteiger partial charge >= 0.3 is 0 Å². The number of benzene rings is 12. The minimum absolute atomic E-state index is 0.320. The third-order valence-electron chi connectivity index (χ3n) is 18.6. The van der Waals surface area contributed by atoms with Crippen LogP contribution in [0.4, 0.5) is 17.1 Å². The summed E-state index contributed by atoms with van der Waals surface area (Å²) in [5.41, 5.74) is 26.6. The van der Waals surface area contributed by atoms with Gasteiger partial charge in [0.2, 0.25) is 0 Å². The number of hydrogen-bond acceptors (Lipinski definition) is 1. The molecule has 0 spiro atoms. The molecule has 87 heavy (non-hydrogen) atoms. The second kappa shape index (κ2) is 24.0. The van der Waals surface area contributed by atoms with E-state index in [-0.39, 0.29) is 5.41 Å². The van der Waals surface area contributed by atoms with Crippen LogP contribution in [-0.4, -0.2) is 4.57 Å². The second-order valence-electron chi connectivity index (χ2n) is 23.6. The molecule has 0 aliphatic heterocycles. The third kappa shape index (κ3) is 10.5. The van der Waals surface area contributed by atoms with Gasteiger partial charge in [-0.05, 0) is 181 Å². The second-order valence-corrected chi connectivity index (χ2v) is 23.6. The summed E-state index contributed by atoms with van der Waals surface area (Å²) < 4.78 is 2.39. The van der Waals surface area contributed by atoms with Gasteiger partial charge in [-0.25, -0.2) is 0 Å². The van der Waals surface area contributed by atoms with Crippen LogP contribution >= 0.6 is 0 Å². The number of hydrogen-bond donors (Lipinski definition) is 0. The first kappa shape index (κ1) is 54.6. The van der Waals surface area contributed by atoms with Crippen LogP contribution in [0.1, 0.15) is 72.4 Å². The van der Waals surface area contributed by atoms with E-state index in [1.54, 1.807) is 0 Å². The maximum Gasteiger partial charge on any atom is 0.0541 e. The van der Waals surface area contributed by atoms with E-state index in [2.05, 4.69) is 321 Å². The highest BCUT2D eigenvalue weighted by Crippen LogP contribution is 2.56. The van der Waals surface area contributed by atoms with Crippen molar-refractivity contribution in [1.29, 1.82) is 0 Å². The average Bonchev–Trinajstić information content (AvgIpc) is 1.65. The van der Waals surface area contributed by atoms with Crippen molar-refractivity contribution in [1.82, 2.24) is 4.57 Å². The van der Waals surface area contributed by atoms with E-state index in [0.717, 1.165) is 47.6 Å². The van der Waals surface area contributed by atoms with Gasteiger partial charge in [-0.3, -0.25) is 0 Å². The fourth-order valence-corrected chi connectivity index (χ4v) is 13.9. The molecule has 0 amide bonds. The highest BCUT2D eigenvalue weighted by molar-refractivity contribution is 6.11. The van der Waals surface area contributed by atoms with Crippen molar-refractivity contribution in [3.05, 3.63) is 338 Å². The lowest BCUT2D eigenvalue weighted by atomic mass is 9.69. The number of anilines is 3. The lowest BCUT2D eigenvalue weighted by Crippen LogP contribution is -2.27. The molecule has 0 bridgehead atoms. The molecule has 0 radical (unpaired) electrons. The van der Waals surface area contributed by atoms with E-state index < -0.39 is 0 Å². The zero-order valence-corrected chi connectivity index (χ0v) is 49.5. The first-order chi connectivity index (χ1) is 43.0. The van der Waals surface area contributed by atoms with E-state index in [4.69, 9.17) is 0 Å². The largest absolute Gasteiger partial charge is 0.310 e. The fraction of sp³-hybridized carbons (Fsp3) is 0.106. The van der Waals surface area contributed by atoms with Crippen LogP contribution in [0, 0.1) is 5.92 Å². The maximum atomic E-state index is 3.97. The Morgan fingerprint density at radius 3 is 1.41 bits per heavy atom.